The van der Waals surface area contributed by atoms with Crippen LogP contribution in [-0.2, 0) is 19.4 Å². The maximum atomic E-state index is 12.4. The van der Waals surface area contributed by atoms with Crippen molar-refractivity contribution in [1.29, 1.82) is 0 Å². The zero-order valence-corrected chi connectivity index (χ0v) is 16.7. The molecule has 0 radical (unpaired) electrons. The molecule has 0 amide bonds. The number of piperazine rings is 1. The predicted molar refractivity (Wildman–Crippen MR) is 111 cm³/mol. The minimum absolute atomic E-state index is 0.0420. The lowest BCUT2D eigenvalue weighted by Gasteiger charge is -2.35. The zero-order valence-electron chi connectivity index (χ0n) is 15.9. The first-order valence-electron chi connectivity index (χ1n) is 10.0. The van der Waals surface area contributed by atoms with Gasteiger partial charge in [0.05, 0.1) is 22.5 Å². The second-order valence-electron chi connectivity index (χ2n) is 7.55. The van der Waals surface area contributed by atoms with Crippen molar-refractivity contribution in [2.24, 2.45) is 0 Å². The van der Waals surface area contributed by atoms with Gasteiger partial charge < -0.3 is 4.90 Å². The third-order valence-electron chi connectivity index (χ3n) is 5.80. The molecule has 1 aliphatic carbocycles. The predicted octanol–water partition coefficient (Wildman–Crippen LogP) is 1.95. The molecule has 0 aromatic carbocycles. The number of rotatable bonds is 4. The number of aromatic nitrogens is 4. The molecule has 146 valence electrons. The number of nitrogens with zero attached hydrogens (tertiary/aromatic N) is 6. The molecular weight excluding hydrogens is 372 g/mol. The second-order valence-corrected chi connectivity index (χ2v) is 8.46. The quantitative estimate of drug-likeness (QED) is 0.672. The molecule has 1 aliphatic heterocycles. The summed E-state index contributed by atoms with van der Waals surface area (Å²) in [6.07, 6.45) is 6.02. The molecule has 1 fully saturated rings. The fourth-order valence-electron chi connectivity index (χ4n) is 4.18. The first-order valence-corrected chi connectivity index (χ1v) is 10.9. The van der Waals surface area contributed by atoms with Crippen LogP contribution in [0.15, 0.2) is 28.6 Å². The molecule has 0 N–H and O–H groups in total. The number of hydrogen-bond acceptors (Lipinski definition) is 7. The van der Waals surface area contributed by atoms with E-state index in [2.05, 4.69) is 30.2 Å². The van der Waals surface area contributed by atoms with Crippen LogP contribution in [-0.4, -0.2) is 57.4 Å². The molecular formula is C20H24N6OS. The summed E-state index contributed by atoms with van der Waals surface area (Å²) in [7, 11) is 0. The topological polar surface area (TPSA) is 67.2 Å². The van der Waals surface area contributed by atoms with E-state index in [0.29, 0.717) is 6.54 Å². The van der Waals surface area contributed by atoms with E-state index in [-0.39, 0.29) is 5.56 Å². The molecule has 0 spiro atoms. The van der Waals surface area contributed by atoms with Gasteiger partial charge in [-0.1, -0.05) is 0 Å². The van der Waals surface area contributed by atoms with Crippen LogP contribution in [0.2, 0.25) is 0 Å². The van der Waals surface area contributed by atoms with E-state index in [4.69, 9.17) is 0 Å². The van der Waals surface area contributed by atoms with Gasteiger partial charge in [-0.25, -0.2) is 14.6 Å². The smallest absolute Gasteiger partial charge is 0.267 e. The van der Waals surface area contributed by atoms with Crippen molar-refractivity contribution in [1.82, 2.24) is 24.6 Å². The molecule has 3 aromatic rings. The summed E-state index contributed by atoms with van der Waals surface area (Å²) < 4.78 is 2.83. The third-order valence-corrected chi connectivity index (χ3v) is 6.70. The number of hydrogen-bond donors (Lipinski definition) is 0. The van der Waals surface area contributed by atoms with Crippen LogP contribution < -0.4 is 10.5 Å². The maximum absolute atomic E-state index is 12.4. The van der Waals surface area contributed by atoms with Crippen molar-refractivity contribution in [2.45, 2.75) is 32.2 Å². The highest BCUT2D eigenvalue weighted by Gasteiger charge is 2.21. The summed E-state index contributed by atoms with van der Waals surface area (Å²) in [6, 6.07) is 3.85. The van der Waals surface area contributed by atoms with Gasteiger partial charge in [-0.15, -0.1) is 11.3 Å². The van der Waals surface area contributed by atoms with Gasteiger partial charge in [-0.05, 0) is 42.7 Å². The Morgan fingerprint density at radius 2 is 1.89 bits per heavy atom. The molecule has 2 aliphatic rings. The Bertz CT molecular complexity index is 1040. The van der Waals surface area contributed by atoms with Gasteiger partial charge in [0.2, 0.25) is 0 Å². The third kappa shape index (κ3) is 3.42. The molecule has 0 saturated carbocycles. The average molecular weight is 397 g/mol. The van der Waals surface area contributed by atoms with E-state index in [1.165, 1.54) is 17.5 Å². The highest BCUT2D eigenvalue weighted by atomic mass is 32.1. The monoisotopic (exact) mass is 396 g/mol. The summed E-state index contributed by atoms with van der Waals surface area (Å²) in [5.41, 5.74) is 3.35. The van der Waals surface area contributed by atoms with Gasteiger partial charge in [0.15, 0.2) is 0 Å². The van der Waals surface area contributed by atoms with Crippen LogP contribution >= 0.6 is 11.3 Å². The fraction of sp³-hybridized carbons (Fsp3) is 0.500. The van der Waals surface area contributed by atoms with Crippen molar-refractivity contribution in [3.63, 3.8) is 0 Å². The minimum Gasteiger partial charge on any atom is -0.353 e. The Morgan fingerprint density at radius 1 is 1.04 bits per heavy atom. The fourth-order valence-corrected chi connectivity index (χ4v) is 5.04. The van der Waals surface area contributed by atoms with Crippen LogP contribution in [0, 0.1) is 0 Å². The lowest BCUT2D eigenvalue weighted by atomic mass is 9.97. The largest absolute Gasteiger partial charge is 0.353 e. The minimum atomic E-state index is 0.0420. The summed E-state index contributed by atoms with van der Waals surface area (Å²) in [4.78, 5) is 26.0. The van der Waals surface area contributed by atoms with Crippen LogP contribution in [0.5, 0.6) is 0 Å². The summed E-state index contributed by atoms with van der Waals surface area (Å²) in [6.45, 7) is 5.34. The van der Waals surface area contributed by atoms with E-state index >= 15 is 0 Å². The van der Waals surface area contributed by atoms with Gasteiger partial charge >= 0.3 is 0 Å². The molecule has 0 atom stereocenters. The van der Waals surface area contributed by atoms with Gasteiger partial charge in [0.25, 0.3) is 5.56 Å². The Labute approximate surface area is 167 Å². The van der Waals surface area contributed by atoms with Crippen LogP contribution in [0.1, 0.15) is 24.1 Å². The van der Waals surface area contributed by atoms with Crippen molar-refractivity contribution in [3.05, 3.63) is 45.5 Å². The Balaban J connectivity index is 1.21. The highest BCUT2D eigenvalue weighted by molar-refractivity contribution is 7.17. The first kappa shape index (κ1) is 17.8. The normalized spacial score (nSPS) is 17.8. The van der Waals surface area contributed by atoms with Crippen molar-refractivity contribution in [3.8, 4) is 0 Å². The maximum Gasteiger partial charge on any atom is 0.267 e. The van der Waals surface area contributed by atoms with E-state index < -0.39 is 0 Å². The second kappa shape index (κ2) is 7.60. The van der Waals surface area contributed by atoms with Crippen LogP contribution in [0.3, 0.4) is 0 Å². The summed E-state index contributed by atoms with van der Waals surface area (Å²) in [5.74, 6) is 1.05. The zero-order chi connectivity index (χ0) is 18.9. The summed E-state index contributed by atoms with van der Waals surface area (Å²) >= 11 is 1.70. The van der Waals surface area contributed by atoms with Crippen LogP contribution in [0.25, 0.3) is 10.2 Å². The van der Waals surface area contributed by atoms with E-state index in [0.717, 1.165) is 68.2 Å². The number of aryl methyl sites for hydroxylation is 2. The van der Waals surface area contributed by atoms with E-state index in [9.17, 15) is 4.79 Å². The SMILES string of the molecule is O=c1cc2c(nn1CCN1CCN(c3ncnc4ccsc34)CC1)CCCC2. The molecule has 8 heteroatoms. The lowest BCUT2D eigenvalue weighted by molar-refractivity contribution is 0.242. The molecule has 0 bridgehead atoms. The number of anilines is 1. The Morgan fingerprint density at radius 3 is 2.79 bits per heavy atom. The molecule has 7 nitrogen and oxygen atoms in total. The van der Waals surface area contributed by atoms with Crippen molar-refractivity contribution >= 4 is 27.4 Å². The molecule has 1 saturated heterocycles. The van der Waals surface area contributed by atoms with Crippen LogP contribution in [0.4, 0.5) is 5.82 Å². The van der Waals surface area contributed by atoms with E-state index in [1.54, 1.807) is 28.4 Å². The van der Waals surface area contributed by atoms with Gasteiger partial charge in [-0.2, -0.15) is 5.10 Å². The van der Waals surface area contributed by atoms with Crippen molar-refractivity contribution in [2.75, 3.05) is 37.6 Å². The Kier molecular flexibility index (Phi) is 4.82. The summed E-state index contributed by atoms with van der Waals surface area (Å²) in [5, 5.41) is 6.71. The highest BCUT2D eigenvalue weighted by Crippen LogP contribution is 2.28. The van der Waals surface area contributed by atoms with Gasteiger partial charge in [0.1, 0.15) is 12.1 Å². The number of fused-ring (bicyclic) bond motifs is 2. The first-order chi connectivity index (χ1) is 13.8. The lowest BCUT2D eigenvalue weighted by Crippen LogP contribution is -2.48. The van der Waals surface area contributed by atoms with Gasteiger partial charge in [-0.3, -0.25) is 9.69 Å². The number of thiophene rings is 1. The molecule has 4 heterocycles. The average Bonchev–Trinajstić information content (AvgIpc) is 3.22. The standard InChI is InChI=1S/C20H24N6OS/c27-18-13-15-3-1-2-4-16(15)23-26(18)11-8-24-6-9-25(10-7-24)20-19-17(5-12-28-19)21-14-22-20/h5,12-14H,1-4,6-11H2. The van der Waals surface area contributed by atoms with Gasteiger partial charge in [0, 0.05) is 38.8 Å². The van der Waals surface area contributed by atoms with E-state index in [1.807, 2.05) is 6.07 Å². The Hall–Kier alpha value is -2.32. The molecule has 5 rings (SSSR count). The molecule has 0 unspecified atom stereocenters. The molecule has 28 heavy (non-hydrogen) atoms. The molecule has 3 aromatic heterocycles. The van der Waals surface area contributed by atoms with Crippen molar-refractivity contribution < 1.29 is 0 Å².